The van der Waals surface area contributed by atoms with Crippen LogP contribution in [0, 0.1) is 6.92 Å². The third-order valence-electron chi connectivity index (χ3n) is 2.91. The van der Waals surface area contributed by atoms with E-state index in [0.29, 0.717) is 10.0 Å². The monoisotopic (exact) mass is 276 g/mol. The second kappa shape index (κ2) is 4.30. The van der Waals surface area contributed by atoms with Gasteiger partial charge in [-0.2, -0.15) is 0 Å². The molecule has 0 unspecified atom stereocenters. The number of halogens is 2. The van der Waals surface area contributed by atoms with Crippen LogP contribution >= 0.6 is 23.2 Å². The number of hydrogen-bond donors (Lipinski definition) is 0. The van der Waals surface area contributed by atoms with E-state index in [1.54, 1.807) is 6.07 Å². The summed E-state index contributed by atoms with van der Waals surface area (Å²) in [6.45, 7) is 2.03. The summed E-state index contributed by atoms with van der Waals surface area (Å²) in [5.74, 6) is 0. The minimum Gasteiger partial charge on any atom is -0.306 e. The van der Waals surface area contributed by atoms with Crippen LogP contribution in [-0.4, -0.2) is 9.38 Å². The molecule has 0 radical (unpaired) electrons. The van der Waals surface area contributed by atoms with Gasteiger partial charge < -0.3 is 4.40 Å². The van der Waals surface area contributed by atoms with Crippen molar-refractivity contribution in [3.05, 3.63) is 58.3 Å². The lowest BCUT2D eigenvalue weighted by atomic mass is 10.2. The maximum absolute atomic E-state index is 6.21. The number of aromatic nitrogens is 2. The Morgan fingerprint density at radius 2 is 1.94 bits per heavy atom. The van der Waals surface area contributed by atoms with E-state index < -0.39 is 0 Å². The van der Waals surface area contributed by atoms with Crippen molar-refractivity contribution in [3.8, 4) is 11.3 Å². The number of pyridine rings is 1. The fraction of sp³-hybridized carbons (Fsp3) is 0.0714. The fourth-order valence-corrected chi connectivity index (χ4v) is 2.38. The highest BCUT2D eigenvalue weighted by Crippen LogP contribution is 2.33. The van der Waals surface area contributed by atoms with Gasteiger partial charge in [0.1, 0.15) is 5.65 Å². The summed E-state index contributed by atoms with van der Waals surface area (Å²) in [6, 6.07) is 9.60. The van der Waals surface area contributed by atoms with Crippen molar-refractivity contribution in [2.45, 2.75) is 6.92 Å². The standard InChI is InChI=1S/C14H10Cl2N2/c1-9-4-3-7-18-8-12(17-14(9)18)10-5-2-6-11(15)13(10)16/h2-8H,1H3. The van der Waals surface area contributed by atoms with Crippen LogP contribution < -0.4 is 0 Å². The zero-order chi connectivity index (χ0) is 12.7. The van der Waals surface area contributed by atoms with Gasteiger partial charge in [-0.1, -0.05) is 41.4 Å². The van der Waals surface area contributed by atoms with Crippen LogP contribution in [0.3, 0.4) is 0 Å². The van der Waals surface area contributed by atoms with Gasteiger partial charge in [0.15, 0.2) is 0 Å². The SMILES string of the molecule is Cc1cccn2cc(-c3cccc(Cl)c3Cl)nc12. The van der Waals surface area contributed by atoms with E-state index in [4.69, 9.17) is 23.2 Å². The van der Waals surface area contributed by atoms with Crippen LogP contribution in [0.25, 0.3) is 16.9 Å². The Morgan fingerprint density at radius 3 is 2.72 bits per heavy atom. The molecule has 0 saturated heterocycles. The Labute approximate surface area is 115 Å². The van der Waals surface area contributed by atoms with Crippen molar-refractivity contribution >= 4 is 28.8 Å². The lowest BCUT2D eigenvalue weighted by molar-refractivity contribution is 1.16. The molecule has 0 saturated carbocycles. The Morgan fingerprint density at radius 1 is 1.11 bits per heavy atom. The Bertz CT molecular complexity index is 732. The Hall–Kier alpha value is -1.51. The zero-order valence-corrected chi connectivity index (χ0v) is 11.2. The van der Waals surface area contributed by atoms with Gasteiger partial charge in [-0.05, 0) is 24.6 Å². The molecular formula is C14H10Cl2N2. The molecule has 0 N–H and O–H groups in total. The summed E-state index contributed by atoms with van der Waals surface area (Å²) in [6.07, 6.45) is 3.93. The summed E-state index contributed by atoms with van der Waals surface area (Å²) in [5.41, 5.74) is 3.74. The average Bonchev–Trinajstić information content (AvgIpc) is 2.78. The first-order chi connectivity index (χ1) is 8.66. The van der Waals surface area contributed by atoms with Crippen molar-refractivity contribution < 1.29 is 0 Å². The molecule has 0 aliphatic rings. The van der Waals surface area contributed by atoms with Gasteiger partial charge in [0.05, 0.1) is 15.7 Å². The normalized spacial score (nSPS) is 11.1. The molecule has 90 valence electrons. The van der Waals surface area contributed by atoms with Gasteiger partial charge in [0.2, 0.25) is 0 Å². The van der Waals surface area contributed by atoms with Gasteiger partial charge >= 0.3 is 0 Å². The van der Waals surface area contributed by atoms with Crippen molar-refractivity contribution in [2.75, 3.05) is 0 Å². The van der Waals surface area contributed by atoms with Crippen molar-refractivity contribution in [1.82, 2.24) is 9.38 Å². The maximum Gasteiger partial charge on any atom is 0.140 e. The fourth-order valence-electron chi connectivity index (χ4n) is 1.99. The topological polar surface area (TPSA) is 17.3 Å². The molecule has 18 heavy (non-hydrogen) atoms. The van der Waals surface area contributed by atoms with Crippen LogP contribution in [0.4, 0.5) is 0 Å². The maximum atomic E-state index is 6.21. The zero-order valence-electron chi connectivity index (χ0n) is 9.69. The molecule has 0 bridgehead atoms. The minimum absolute atomic E-state index is 0.542. The Kier molecular flexibility index (Phi) is 2.77. The molecule has 0 fully saturated rings. The molecule has 0 atom stereocenters. The third-order valence-corrected chi connectivity index (χ3v) is 3.72. The predicted molar refractivity (Wildman–Crippen MR) is 75.4 cm³/mol. The molecule has 0 aliphatic heterocycles. The van der Waals surface area contributed by atoms with Crippen LogP contribution in [0.15, 0.2) is 42.7 Å². The molecule has 0 amide bonds. The Balaban J connectivity index is 2.26. The van der Waals surface area contributed by atoms with E-state index in [1.165, 1.54) is 0 Å². The number of fused-ring (bicyclic) bond motifs is 1. The number of rotatable bonds is 1. The van der Waals surface area contributed by atoms with E-state index in [0.717, 1.165) is 22.5 Å². The van der Waals surface area contributed by atoms with Crippen molar-refractivity contribution in [3.63, 3.8) is 0 Å². The number of imidazole rings is 1. The molecule has 2 aromatic heterocycles. The summed E-state index contributed by atoms with van der Waals surface area (Å²) in [5, 5.41) is 1.09. The van der Waals surface area contributed by atoms with E-state index in [9.17, 15) is 0 Å². The first-order valence-electron chi connectivity index (χ1n) is 5.55. The molecule has 3 aromatic rings. The van der Waals surface area contributed by atoms with Gasteiger partial charge in [-0.25, -0.2) is 4.98 Å². The number of benzene rings is 1. The van der Waals surface area contributed by atoms with Gasteiger partial charge in [-0.15, -0.1) is 0 Å². The number of nitrogens with zero attached hydrogens (tertiary/aromatic N) is 2. The van der Waals surface area contributed by atoms with Gasteiger partial charge in [-0.3, -0.25) is 0 Å². The summed E-state index contributed by atoms with van der Waals surface area (Å²) in [4.78, 5) is 4.60. The summed E-state index contributed by atoms with van der Waals surface area (Å²) in [7, 11) is 0. The smallest absolute Gasteiger partial charge is 0.140 e. The van der Waals surface area contributed by atoms with Gasteiger partial charge in [0, 0.05) is 18.0 Å². The van der Waals surface area contributed by atoms with Crippen LogP contribution in [-0.2, 0) is 0 Å². The van der Waals surface area contributed by atoms with E-state index >= 15 is 0 Å². The first kappa shape index (κ1) is 11.6. The average molecular weight is 277 g/mol. The van der Waals surface area contributed by atoms with Crippen molar-refractivity contribution in [1.29, 1.82) is 0 Å². The van der Waals surface area contributed by atoms with E-state index in [2.05, 4.69) is 4.98 Å². The molecular weight excluding hydrogens is 267 g/mol. The largest absolute Gasteiger partial charge is 0.306 e. The third kappa shape index (κ3) is 1.78. The molecule has 0 aliphatic carbocycles. The molecule has 3 rings (SSSR count). The number of aryl methyl sites for hydroxylation is 1. The highest BCUT2D eigenvalue weighted by molar-refractivity contribution is 6.43. The molecule has 1 aromatic carbocycles. The lowest BCUT2D eigenvalue weighted by Crippen LogP contribution is -1.84. The van der Waals surface area contributed by atoms with Gasteiger partial charge in [0.25, 0.3) is 0 Å². The molecule has 2 heterocycles. The molecule has 0 spiro atoms. The highest BCUT2D eigenvalue weighted by atomic mass is 35.5. The van der Waals surface area contributed by atoms with Crippen LogP contribution in [0.1, 0.15) is 5.56 Å². The lowest BCUT2D eigenvalue weighted by Gasteiger charge is -2.01. The summed E-state index contributed by atoms with van der Waals surface area (Å²) >= 11 is 12.2. The van der Waals surface area contributed by atoms with Crippen LogP contribution in [0.2, 0.25) is 10.0 Å². The van der Waals surface area contributed by atoms with Crippen molar-refractivity contribution in [2.24, 2.45) is 0 Å². The predicted octanol–water partition coefficient (Wildman–Crippen LogP) is 4.62. The molecule has 2 nitrogen and oxygen atoms in total. The van der Waals surface area contributed by atoms with E-state index in [-0.39, 0.29) is 0 Å². The highest BCUT2D eigenvalue weighted by Gasteiger charge is 2.11. The second-order valence-corrected chi connectivity index (χ2v) is 4.93. The first-order valence-corrected chi connectivity index (χ1v) is 6.31. The molecule has 4 heteroatoms. The minimum atomic E-state index is 0.542. The number of hydrogen-bond acceptors (Lipinski definition) is 1. The second-order valence-electron chi connectivity index (χ2n) is 4.15. The summed E-state index contributed by atoms with van der Waals surface area (Å²) < 4.78 is 1.99. The van der Waals surface area contributed by atoms with Crippen LogP contribution in [0.5, 0.6) is 0 Å². The van der Waals surface area contributed by atoms with E-state index in [1.807, 2.05) is 48.0 Å². The quantitative estimate of drug-likeness (QED) is 0.634.